The summed E-state index contributed by atoms with van der Waals surface area (Å²) in [6.07, 6.45) is 13.3. The van der Waals surface area contributed by atoms with Gasteiger partial charge >= 0.3 is 5.97 Å². The van der Waals surface area contributed by atoms with E-state index in [2.05, 4.69) is 0 Å². The second-order valence-electron chi connectivity index (χ2n) is 9.77. The number of nitrogens with zero attached hydrogens (tertiary/aromatic N) is 2. The van der Waals surface area contributed by atoms with Crippen LogP contribution in [0.5, 0.6) is 0 Å². The van der Waals surface area contributed by atoms with Crippen LogP contribution in [0.4, 0.5) is 0 Å². The number of aromatic carboxylic acids is 1. The Balaban J connectivity index is 1.43. The molecule has 5 rings (SSSR count). The third kappa shape index (κ3) is 5.10. The van der Waals surface area contributed by atoms with E-state index in [0.29, 0.717) is 28.0 Å². The van der Waals surface area contributed by atoms with E-state index >= 15 is 0 Å². The molecule has 2 aliphatic carbocycles. The van der Waals surface area contributed by atoms with Gasteiger partial charge in [-0.15, -0.1) is 0 Å². The molecule has 6 nitrogen and oxygen atoms in total. The van der Waals surface area contributed by atoms with Crippen molar-refractivity contribution in [2.75, 3.05) is 0 Å². The van der Waals surface area contributed by atoms with Gasteiger partial charge in [0, 0.05) is 17.7 Å². The monoisotopic (exact) mass is 492 g/mol. The lowest BCUT2D eigenvalue weighted by molar-refractivity contribution is -0.124. The minimum atomic E-state index is -0.959. The second kappa shape index (κ2) is 10.4. The highest BCUT2D eigenvalue weighted by molar-refractivity contribution is 8.18. The van der Waals surface area contributed by atoms with Crippen molar-refractivity contribution in [1.82, 2.24) is 4.90 Å². The van der Waals surface area contributed by atoms with Crippen molar-refractivity contribution >= 4 is 34.9 Å². The minimum absolute atomic E-state index is 0.0264. The van der Waals surface area contributed by atoms with Crippen molar-refractivity contribution in [2.45, 2.75) is 83.2 Å². The van der Waals surface area contributed by atoms with Gasteiger partial charge in [-0.3, -0.25) is 14.7 Å². The molecule has 1 aromatic carbocycles. The summed E-state index contributed by atoms with van der Waals surface area (Å²) in [5.74, 6) is 0.240. The van der Waals surface area contributed by atoms with E-state index in [1.54, 1.807) is 19.1 Å². The first kappa shape index (κ1) is 23.9. The average Bonchev–Trinajstić information content (AvgIpc) is 3.44. The second-order valence-corrected chi connectivity index (χ2v) is 10.8. The Bertz CT molecular complexity index is 1170. The van der Waals surface area contributed by atoms with E-state index < -0.39 is 5.97 Å². The topological polar surface area (TPSA) is 83.1 Å². The molecule has 0 spiro atoms. The molecule has 1 N–H and O–H groups in total. The van der Waals surface area contributed by atoms with Crippen molar-refractivity contribution in [3.05, 3.63) is 52.1 Å². The van der Waals surface area contributed by atoms with E-state index in [1.807, 2.05) is 29.2 Å². The summed E-state index contributed by atoms with van der Waals surface area (Å²) < 4.78 is 6.07. The normalized spacial score (nSPS) is 22.4. The molecular weight excluding hydrogens is 460 g/mol. The maximum atomic E-state index is 13.6. The van der Waals surface area contributed by atoms with Gasteiger partial charge in [0.05, 0.1) is 16.5 Å². The van der Waals surface area contributed by atoms with Gasteiger partial charge in [0.25, 0.3) is 5.91 Å². The molecule has 35 heavy (non-hydrogen) atoms. The molecule has 2 heterocycles. The summed E-state index contributed by atoms with van der Waals surface area (Å²) in [6, 6.07) is 9.37. The predicted octanol–water partition coefficient (Wildman–Crippen LogP) is 6.89. The third-order valence-electron chi connectivity index (χ3n) is 7.37. The van der Waals surface area contributed by atoms with Crippen LogP contribution < -0.4 is 0 Å². The number of carbonyl (C=O) groups excluding carboxylic acids is 1. The number of carbonyl (C=O) groups is 2. The average molecular weight is 493 g/mol. The Kier molecular flexibility index (Phi) is 7.14. The fourth-order valence-electron chi connectivity index (χ4n) is 5.44. The van der Waals surface area contributed by atoms with Gasteiger partial charge in [0.2, 0.25) is 0 Å². The fourth-order valence-corrected chi connectivity index (χ4v) is 6.53. The van der Waals surface area contributed by atoms with Crippen molar-refractivity contribution in [3.8, 4) is 11.3 Å². The van der Waals surface area contributed by atoms with Crippen molar-refractivity contribution in [1.29, 1.82) is 0 Å². The number of rotatable bonds is 5. The zero-order valence-corrected chi connectivity index (χ0v) is 21.0. The summed E-state index contributed by atoms with van der Waals surface area (Å²) in [6.45, 7) is 1.78. The number of carboxylic acid groups (broad SMARTS) is 1. The van der Waals surface area contributed by atoms with Crippen LogP contribution in [0.2, 0.25) is 0 Å². The number of benzene rings is 1. The van der Waals surface area contributed by atoms with Crippen molar-refractivity contribution < 1.29 is 19.1 Å². The van der Waals surface area contributed by atoms with E-state index in [-0.39, 0.29) is 17.5 Å². The zero-order valence-electron chi connectivity index (χ0n) is 20.2. The van der Waals surface area contributed by atoms with Crippen LogP contribution in [0.1, 0.15) is 85.9 Å². The number of furan rings is 1. The van der Waals surface area contributed by atoms with E-state index in [4.69, 9.17) is 9.41 Å². The van der Waals surface area contributed by atoms with Crippen LogP contribution in [0.3, 0.4) is 0 Å². The number of amidine groups is 1. The van der Waals surface area contributed by atoms with Crippen LogP contribution in [-0.2, 0) is 4.79 Å². The number of thioether (sulfide) groups is 1. The van der Waals surface area contributed by atoms with Crippen LogP contribution in [0, 0.1) is 6.92 Å². The van der Waals surface area contributed by atoms with E-state index in [0.717, 1.165) is 49.3 Å². The molecule has 2 saturated carbocycles. The van der Waals surface area contributed by atoms with Gasteiger partial charge in [0.15, 0.2) is 5.17 Å². The molecule has 3 aliphatic rings. The van der Waals surface area contributed by atoms with E-state index in [9.17, 15) is 14.7 Å². The van der Waals surface area contributed by atoms with Gasteiger partial charge in [0.1, 0.15) is 11.5 Å². The first-order chi connectivity index (χ1) is 17.0. The lowest BCUT2D eigenvalue weighted by atomic mass is 9.94. The highest BCUT2D eigenvalue weighted by atomic mass is 32.2. The van der Waals surface area contributed by atoms with Crippen LogP contribution in [0.25, 0.3) is 17.4 Å². The molecular formula is C28H32N2O4S. The zero-order chi connectivity index (χ0) is 24.4. The SMILES string of the molecule is Cc1c(C(=O)O)cccc1-c1ccc(C=C2SC(=NC3CCCCC3)N(C3CCCCC3)C2=O)o1. The maximum Gasteiger partial charge on any atom is 0.335 e. The number of carboxylic acids is 1. The molecule has 7 heteroatoms. The molecule has 0 radical (unpaired) electrons. The summed E-state index contributed by atoms with van der Waals surface area (Å²) in [5, 5.41) is 10.3. The van der Waals surface area contributed by atoms with Crippen LogP contribution in [-0.4, -0.2) is 39.1 Å². The lowest BCUT2D eigenvalue weighted by Gasteiger charge is -2.31. The highest BCUT2D eigenvalue weighted by Gasteiger charge is 2.39. The standard InChI is InChI=1S/C28H32N2O4S/c1-18-22(13-8-14-23(18)27(32)33)24-16-15-21(34-24)17-25-26(31)30(20-11-6-3-7-12-20)28(35-25)29-19-9-4-2-5-10-19/h8,13-17,19-20H,2-7,9-12H2,1H3,(H,32,33). The van der Waals surface area contributed by atoms with Crippen LogP contribution in [0.15, 0.2) is 44.6 Å². The molecule has 0 atom stereocenters. The fraction of sp³-hybridized carbons (Fsp3) is 0.464. The Morgan fingerprint density at radius 2 is 1.77 bits per heavy atom. The number of amides is 1. The molecule has 2 aromatic rings. The van der Waals surface area contributed by atoms with Crippen molar-refractivity contribution in [2.24, 2.45) is 4.99 Å². The molecule has 3 fully saturated rings. The van der Waals surface area contributed by atoms with Crippen LogP contribution >= 0.6 is 11.8 Å². The molecule has 1 aliphatic heterocycles. The molecule has 0 bridgehead atoms. The highest BCUT2D eigenvalue weighted by Crippen LogP contribution is 2.39. The molecule has 1 saturated heterocycles. The number of hydrogen-bond donors (Lipinski definition) is 1. The number of aliphatic imine (C=N–C) groups is 1. The Labute approximate surface area is 210 Å². The van der Waals surface area contributed by atoms with Crippen molar-refractivity contribution in [3.63, 3.8) is 0 Å². The number of hydrogen-bond acceptors (Lipinski definition) is 5. The first-order valence-electron chi connectivity index (χ1n) is 12.8. The van der Waals surface area contributed by atoms with Gasteiger partial charge in [-0.25, -0.2) is 4.79 Å². The quantitative estimate of drug-likeness (QED) is 0.460. The summed E-state index contributed by atoms with van der Waals surface area (Å²) in [7, 11) is 0. The minimum Gasteiger partial charge on any atom is -0.478 e. The summed E-state index contributed by atoms with van der Waals surface area (Å²) >= 11 is 1.47. The van der Waals surface area contributed by atoms with Gasteiger partial charge < -0.3 is 9.52 Å². The van der Waals surface area contributed by atoms with Gasteiger partial charge in [-0.2, -0.15) is 0 Å². The molecule has 0 unspecified atom stereocenters. The Hall–Kier alpha value is -2.80. The smallest absolute Gasteiger partial charge is 0.335 e. The van der Waals surface area contributed by atoms with E-state index in [1.165, 1.54) is 37.4 Å². The summed E-state index contributed by atoms with van der Waals surface area (Å²) in [5.41, 5.74) is 1.65. The van der Waals surface area contributed by atoms with Gasteiger partial charge in [-0.05, 0) is 68.1 Å². The van der Waals surface area contributed by atoms with Gasteiger partial charge in [-0.1, -0.05) is 50.7 Å². The predicted molar refractivity (Wildman–Crippen MR) is 139 cm³/mol. The lowest BCUT2D eigenvalue weighted by Crippen LogP contribution is -2.41. The molecule has 1 aromatic heterocycles. The Morgan fingerprint density at radius 3 is 2.49 bits per heavy atom. The third-order valence-corrected chi connectivity index (χ3v) is 8.37. The maximum absolute atomic E-state index is 13.6. The molecule has 184 valence electrons. The summed E-state index contributed by atoms with van der Waals surface area (Å²) in [4.78, 5) is 32.8. The first-order valence-corrected chi connectivity index (χ1v) is 13.6. The largest absolute Gasteiger partial charge is 0.478 e. The Morgan fingerprint density at radius 1 is 1.06 bits per heavy atom. The molecule has 1 amide bonds.